The molecule has 6 heteroatoms. The number of fused-ring (bicyclic) bond motifs is 1. The lowest BCUT2D eigenvalue weighted by Gasteiger charge is -2.28. The molecular weight excluding hydrogens is 308 g/mol. The summed E-state index contributed by atoms with van der Waals surface area (Å²) in [7, 11) is 0. The monoisotopic (exact) mass is 328 g/mol. The smallest absolute Gasteiger partial charge is 0.238 e. The van der Waals surface area contributed by atoms with Crippen molar-refractivity contribution < 1.29 is 9.21 Å². The first-order chi connectivity index (χ1) is 9.44. The lowest BCUT2D eigenvalue weighted by atomic mass is 10.0. The fourth-order valence-corrected chi connectivity index (χ4v) is 2.21. The largest absolute Gasteiger partial charge is 0.459 e. The predicted octanol–water partition coefficient (Wildman–Crippen LogP) is 2.94. The van der Waals surface area contributed by atoms with Gasteiger partial charge in [-0.1, -0.05) is 18.2 Å². The van der Waals surface area contributed by atoms with E-state index in [1.807, 2.05) is 50.4 Å². The van der Waals surface area contributed by atoms with Crippen LogP contribution in [0.4, 0.5) is 0 Å². The Bertz CT molecular complexity index is 579. The van der Waals surface area contributed by atoms with E-state index in [-0.39, 0.29) is 23.1 Å². The van der Waals surface area contributed by atoms with E-state index in [0.29, 0.717) is 6.54 Å². The van der Waals surface area contributed by atoms with Crippen LogP contribution in [0.15, 0.2) is 34.7 Å². The van der Waals surface area contributed by atoms with Gasteiger partial charge >= 0.3 is 0 Å². The maximum atomic E-state index is 12.0. The number of benzene rings is 1. The normalized spacial score (nSPS) is 12.8. The van der Waals surface area contributed by atoms with Crippen molar-refractivity contribution in [1.29, 1.82) is 0 Å². The summed E-state index contributed by atoms with van der Waals surface area (Å²) in [6, 6.07) is 9.14. The van der Waals surface area contributed by atoms with Crippen LogP contribution < -0.4 is 11.1 Å². The van der Waals surface area contributed by atoms with Crippen molar-refractivity contribution in [3.05, 3.63) is 36.1 Å². The second-order valence-corrected chi connectivity index (χ2v) is 6.71. The topological polar surface area (TPSA) is 68.3 Å². The third-order valence-electron chi connectivity index (χ3n) is 3.47. The number of carbonyl (C=O) groups excluding carboxylic acids is 1. The Morgan fingerprint density at radius 3 is 2.71 bits per heavy atom. The number of para-hydroxylation sites is 1. The van der Waals surface area contributed by atoms with E-state index in [1.165, 1.54) is 0 Å². The molecule has 0 saturated carbocycles. The summed E-state index contributed by atoms with van der Waals surface area (Å²) in [5, 5.41) is 3.86. The van der Waals surface area contributed by atoms with Gasteiger partial charge in [-0.3, -0.25) is 4.79 Å². The van der Waals surface area contributed by atoms with Gasteiger partial charge in [-0.15, -0.1) is 12.4 Å². The SMILES string of the molecule is CSC(C)(C)[C@H](N)C(=O)NCc1cc2ccccc2o1.Cl. The standard InChI is InChI=1S/C15H20N2O2S.ClH/c1-15(2,20-3)13(16)14(18)17-9-11-8-10-6-4-5-7-12(10)19-11;/h4-8,13H,9,16H2,1-3H3,(H,17,18);1H/t13-;/m1./s1. The number of carbonyl (C=O) groups is 1. The number of halogens is 1. The number of furan rings is 1. The van der Waals surface area contributed by atoms with Gasteiger partial charge in [0, 0.05) is 10.1 Å². The van der Waals surface area contributed by atoms with Crippen LogP contribution in [0.1, 0.15) is 19.6 Å². The lowest BCUT2D eigenvalue weighted by Crippen LogP contribution is -2.51. The lowest BCUT2D eigenvalue weighted by molar-refractivity contribution is -0.123. The Balaban J connectivity index is 0.00000220. The van der Waals surface area contributed by atoms with E-state index >= 15 is 0 Å². The van der Waals surface area contributed by atoms with Crippen molar-refractivity contribution >= 4 is 41.0 Å². The minimum atomic E-state index is -0.554. The number of thioether (sulfide) groups is 1. The Hall–Kier alpha value is -1.17. The summed E-state index contributed by atoms with van der Waals surface area (Å²) in [6.07, 6.45) is 1.95. The zero-order chi connectivity index (χ0) is 14.8. The van der Waals surface area contributed by atoms with E-state index < -0.39 is 6.04 Å². The molecule has 0 bridgehead atoms. The third-order valence-corrected chi connectivity index (χ3v) is 4.78. The number of hydrogen-bond acceptors (Lipinski definition) is 4. The molecule has 4 nitrogen and oxygen atoms in total. The maximum absolute atomic E-state index is 12.0. The van der Waals surface area contributed by atoms with Crippen LogP contribution in [0.3, 0.4) is 0 Å². The van der Waals surface area contributed by atoms with Gasteiger partial charge in [0.05, 0.1) is 12.6 Å². The molecule has 1 amide bonds. The van der Waals surface area contributed by atoms with Crippen LogP contribution in [-0.2, 0) is 11.3 Å². The molecule has 0 aliphatic rings. The van der Waals surface area contributed by atoms with Crippen LogP contribution in [0.2, 0.25) is 0 Å². The first-order valence-electron chi connectivity index (χ1n) is 6.50. The molecule has 0 radical (unpaired) electrons. The molecule has 1 aromatic carbocycles. The molecule has 1 heterocycles. The fourth-order valence-electron chi connectivity index (χ4n) is 1.85. The minimum absolute atomic E-state index is 0. The molecule has 0 aliphatic heterocycles. The number of nitrogens with two attached hydrogens (primary N) is 1. The Morgan fingerprint density at radius 2 is 2.10 bits per heavy atom. The van der Waals surface area contributed by atoms with E-state index in [0.717, 1.165) is 16.7 Å². The molecule has 0 unspecified atom stereocenters. The highest BCUT2D eigenvalue weighted by Gasteiger charge is 2.31. The van der Waals surface area contributed by atoms with Crippen LogP contribution in [0.5, 0.6) is 0 Å². The number of nitrogens with one attached hydrogen (secondary N) is 1. The first kappa shape index (κ1) is 17.9. The summed E-state index contributed by atoms with van der Waals surface area (Å²) in [4.78, 5) is 12.0. The fraction of sp³-hybridized carbons (Fsp3) is 0.400. The van der Waals surface area contributed by atoms with Crippen molar-refractivity contribution in [1.82, 2.24) is 5.32 Å². The van der Waals surface area contributed by atoms with Crippen molar-refractivity contribution in [2.75, 3.05) is 6.26 Å². The quantitative estimate of drug-likeness (QED) is 0.885. The molecule has 0 spiro atoms. The average Bonchev–Trinajstić information content (AvgIpc) is 2.86. The summed E-state index contributed by atoms with van der Waals surface area (Å²) >= 11 is 1.58. The van der Waals surface area contributed by atoms with Gasteiger partial charge in [0.2, 0.25) is 5.91 Å². The first-order valence-corrected chi connectivity index (χ1v) is 7.72. The van der Waals surface area contributed by atoms with Gasteiger partial charge in [-0.05, 0) is 32.2 Å². The Kier molecular flexibility index (Phi) is 6.13. The molecule has 0 saturated heterocycles. The number of hydrogen-bond donors (Lipinski definition) is 2. The van der Waals surface area contributed by atoms with Gasteiger partial charge in [0.15, 0.2) is 0 Å². The number of rotatable bonds is 5. The predicted molar refractivity (Wildman–Crippen MR) is 90.9 cm³/mol. The van der Waals surface area contributed by atoms with Gasteiger partial charge in [0.25, 0.3) is 0 Å². The highest BCUT2D eigenvalue weighted by molar-refractivity contribution is 8.00. The molecule has 1 atom stereocenters. The molecule has 21 heavy (non-hydrogen) atoms. The van der Waals surface area contributed by atoms with E-state index in [2.05, 4.69) is 5.32 Å². The van der Waals surface area contributed by atoms with Crippen LogP contribution in [0.25, 0.3) is 11.0 Å². The van der Waals surface area contributed by atoms with Crippen LogP contribution >= 0.6 is 24.2 Å². The molecule has 1 aromatic heterocycles. The van der Waals surface area contributed by atoms with Crippen molar-refractivity contribution in [2.24, 2.45) is 5.73 Å². The van der Waals surface area contributed by atoms with E-state index in [9.17, 15) is 4.79 Å². The second kappa shape index (κ2) is 7.20. The summed E-state index contributed by atoms with van der Waals surface area (Å²) in [6.45, 7) is 4.28. The Labute approximate surface area is 135 Å². The van der Waals surface area contributed by atoms with E-state index in [1.54, 1.807) is 11.8 Å². The molecular formula is C15H21ClN2O2S. The van der Waals surface area contributed by atoms with Gasteiger partial charge < -0.3 is 15.5 Å². The van der Waals surface area contributed by atoms with Crippen molar-refractivity contribution in [3.8, 4) is 0 Å². The zero-order valence-electron chi connectivity index (χ0n) is 12.4. The molecule has 0 aliphatic carbocycles. The average molecular weight is 329 g/mol. The highest BCUT2D eigenvalue weighted by Crippen LogP contribution is 2.24. The third kappa shape index (κ3) is 4.15. The molecule has 0 fully saturated rings. The maximum Gasteiger partial charge on any atom is 0.238 e. The zero-order valence-corrected chi connectivity index (χ0v) is 14.0. The van der Waals surface area contributed by atoms with Crippen molar-refractivity contribution in [2.45, 2.75) is 31.2 Å². The van der Waals surface area contributed by atoms with Gasteiger partial charge in [-0.2, -0.15) is 11.8 Å². The van der Waals surface area contributed by atoms with Crippen LogP contribution in [0, 0.1) is 0 Å². The number of amides is 1. The molecule has 3 N–H and O–H groups in total. The highest BCUT2D eigenvalue weighted by atomic mass is 35.5. The van der Waals surface area contributed by atoms with Crippen LogP contribution in [-0.4, -0.2) is 23.0 Å². The summed E-state index contributed by atoms with van der Waals surface area (Å²) < 4.78 is 5.36. The molecule has 2 rings (SSSR count). The summed E-state index contributed by atoms with van der Waals surface area (Å²) in [5.74, 6) is 0.568. The molecule has 2 aromatic rings. The second-order valence-electron chi connectivity index (χ2n) is 5.25. The van der Waals surface area contributed by atoms with Gasteiger partial charge in [0.1, 0.15) is 11.3 Å². The van der Waals surface area contributed by atoms with Crippen molar-refractivity contribution in [3.63, 3.8) is 0 Å². The molecule has 116 valence electrons. The van der Waals surface area contributed by atoms with Gasteiger partial charge in [-0.25, -0.2) is 0 Å². The summed E-state index contributed by atoms with van der Waals surface area (Å²) in [5.41, 5.74) is 6.81. The Morgan fingerprint density at radius 1 is 1.43 bits per heavy atom. The van der Waals surface area contributed by atoms with E-state index in [4.69, 9.17) is 10.2 Å². The minimum Gasteiger partial charge on any atom is -0.459 e.